The lowest BCUT2D eigenvalue weighted by Crippen LogP contribution is -1.92. The molecule has 0 spiro atoms. The second kappa shape index (κ2) is 5.61. The molecule has 0 aliphatic rings. The molecule has 3 aromatic rings. The largest absolute Gasteiger partial charge is 0.229 e. The number of aromatic nitrogens is 2. The van der Waals surface area contributed by atoms with Gasteiger partial charge in [-0.3, -0.25) is 0 Å². The molecule has 3 nitrogen and oxygen atoms in total. The van der Waals surface area contributed by atoms with Crippen molar-refractivity contribution in [3.05, 3.63) is 42.7 Å². The normalized spacial score (nSPS) is 12.2. The van der Waals surface area contributed by atoms with Crippen LogP contribution in [0.15, 0.2) is 47.8 Å². The van der Waals surface area contributed by atoms with E-state index in [1.807, 2.05) is 25.1 Å². The van der Waals surface area contributed by atoms with E-state index >= 15 is 0 Å². The Kier molecular flexibility index (Phi) is 3.68. The van der Waals surface area contributed by atoms with E-state index in [0.717, 1.165) is 15.2 Å². The van der Waals surface area contributed by atoms with E-state index in [1.165, 1.54) is 22.2 Å². The van der Waals surface area contributed by atoms with Gasteiger partial charge in [0.15, 0.2) is 0 Å². The third-order valence-electron chi connectivity index (χ3n) is 2.82. The molecule has 1 atom stereocenters. The van der Waals surface area contributed by atoms with Crippen LogP contribution in [0.4, 0.5) is 0 Å². The summed E-state index contributed by atoms with van der Waals surface area (Å²) in [7, 11) is 0. The number of thioether (sulfide) groups is 1. The van der Waals surface area contributed by atoms with Crippen LogP contribution in [-0.2, 0) is 0 Å². The van der Waals surface area contributed by atoms with E-state index in [1.54, 1.807) is 17.7 Å². The molecule has 2 aromatic heterocycles. The van der Waals surface area contributed by atoms with Gasteiger partial charge in [0.25, 0.3) is 0 Å². The number of thiophene rings is 1. The smallest absolute Gasteiger partial charge is 0.128 e. The van der Waals surface area contributed by atoms with Crippen molar-refractivity contribution in [3.8, 4) is 16.5 Å². The van der Waals surface area contributed by atoms with Gasteiger partial charge in [-0.2, -0.15) is 5.26 Å². The predicted molar refractivity (Wildman–Crippen MR) is 83.8 cm³/mol. The third kappa shape index (κ3) is 2.53. The number of fused-ring (bicyclic) bond motifs is 1. The Morgan fingerprint density at radius 1 is 1.25 bits per heavy atom. The van der Waals surface area contributed by atoms with Crippen LogP contribution in [0.1, 0.15) is 6.92 Å². The lowest BCUT2D eigenvalue weighted by Gasteiger charge is -2.01. The minimum absolute atomic E-state index is 0.117. The molecule has 0 amide bonds. The Bertz CT molecular complexity index is 775. The number of nitriles is 1. The van der Waals surface area contributed by atoms with Crippen molar-refractivity contribution in [3.63, 3.8) is 0 Å². The standard InChI is InChI=1S/C15H11N3S2/c1-10(8-16)19-14-12-7-13(11-5-3-2-4-6-11)20-15(12)18-9-17-14/h2-7,9-10H,1H3. The zero-order valence-corrected chi connectivity index (χ0v) is 12.4. The zero-order chi connectivity index (χ0) is 13.9. The van der Waals surface area contributed by atoms with Crippen molar-refractivity contribution < 1.29 is 0 Å². The third-order valence-corrected chi connectivity index (χ3v) is 4.92. The predicted octanol–water partition coefficient (Wildman–Crippen LogP) is 4.36. The van der Waals surface area contributed by atoms with E-state index in [0.29, 0.717) is 0 Å². The molecule has 0 aliphatic heterocycles. The molecule has 0 radical (unpaired) electrons. The Labute approximate surface area is 125 Å². The maximum Gasteiger partial charge on any atom is 0.128 e. The second-order valence-corrected chi connectivity index (χ2v) is 6.62. The summed E-state index contributed by atoms with van der Waals surface area (Å²) in [6, 6.07) is 14.6. The molecule has 1 aromatic carbocycles. The lowest BCUT2D eigenvalue weighted by molar-refractivity contribution is 1.10. The molecule has 0 aliphatic carbocycles. The first kappa shape index (κ1) is 13.1. The molecule has 0 fully saturated rings. The minimum Gasteiger partial charge on any atom is -0.229 e. The fourth-order valence-corrected chi connectivity index (χ4v) is 3.71. The molecular weight excluding hydrogens is 286 g/mol. The van der Waals surface area contributed by atoms with Crippen LogP contribution in [-0.4, -0.2) is 15.2 Å². The first-order chi connectivity index (χ1) is 9.78. The zero-order valence-electron chi connectivity index (χ0n) is 10.8. The molecule has 3 rings (SSSR count). The molecule has 0 saturated heterocycles. The number of hydrogen-bond donors (Lipinski definition) is 0. The van der Waals surface area contributed by atoms with Crippen molar-refractivity contribution in [2.75, 3.05) is 0 Å². The molecule has 98 valence electrons. The van der Waals surface area contributed by atoms with E-state index in [-0.39, 0.29) is 5.25 Å². The summed E-state index contributed by atoms with van der Waals surface area (Å²) in [4.78, 5) is 10.8. The van der Waals surface area contributed by atoms with Gasteiger partial charge in [-0.25, -0.2) is 9.97 Å². The van der Waals surface area contributed by atoms with Crippen molar-refractivity contribution in [1.82, 2.24) is 9.97 Å². The highest BCUT2D eigenvalue weighted by Gasteiger charge is 2.12. The Morgan fingerprint density at radius 2 is 2.05 bits per heavy atom. The van der Waals surface area contributed by atoms with Crippen LogP contribution >= 0.6 is 23.1 Å². The number of hydrogen-bond acceptors (Lipinski definition) is 5. The topological polar surface area (TPSA) is 49.6 Å². The van der Waals surface area contributed by atoms with Crippen molar-refractivity contribution >= 4 is 33.3 Å². The average Bonchev–Trinajstić information content (AvgIpc) is 2.93. The van der Waals surface area contributed by atoms with Crippen LogP contribution in [0.25, 0.3) is 20.7 Å². The monoisotopic (exact) mass is 297 g/mol. The fourth-order valence-electron chi connectivity index (χ4n) is 1.87. The van der Waals surface area contributed by atoms with Crippen LogP contribution in [0.3, 0.4) is 0 Å². The summed E-state index contributed by atoms with van der Waals surface area (Å²) in [6.07, 6.45) is 1.57. The van der Waals surface area contributed by atoms with Crippen molar-refractivity contribution in [2.45, 2.75) is 17.2 Å². The van der Waals surface area contributed by atoms with E-state index in [4.69, 9.17) is 5.26 Å². The SMILES string of the molecule is CC(C#N)Sc1ncnc2sc(-c3ccccc3)cc12. The highest BCUT2D eigenvalue weighted by Crippen LogP contribution is 2.36. The summed E-state index contributed by atoms with van der Waals surface area (Å²) in [6.45, 7) is 1.88. The quantitative estimate of drug-likeness (QED) is 0.532. The van der Waals surface area contributed by atoms with Gasteiger partial charge >= 0.3 is 0 Å². The molecule has 0 N–H and O–H groups in total. The van der Waals surface area contributed by atoms with E-state index in [2.05, 4.69) is 34.2 Å². The Morgan fingerprint density at radius 3 is 2.80 bits per heavy atom. The Balaban J connectivity index is 2.08. The van der Waals surface area contributed by atoms with Gasteiger partial charge in [0, 0.05) is 10.3 Å². The number of nitrogens with zero attached hydrogens (tertiary/aromatic N) is 3. The number of rotatable bonds is 3. The maximum absolute atomic E-state index is 8.94. The van der Waals surface area contributed by atoms with Crippen LogP contribution in [0.2, 0.25) is 0 Å². The van der Waals surface area contributed by atoms with Gasteiger partial charge in [-0.1, -0.05) is 42.1 Å². The van der Waals surface area contributed by atoms with Gasteiger partial charge in [0.1, 0.15) is 16.2 Å². The highest BCUT2D eigenvalue weighted by molar-refractivity contribution is 8.00. The summed E-state index contributed by atoms with van der Waals surface area (Å²) >= 11 is 3.13. The molecule has 0 bridgehead atoms. The van der Waals surface area contributed by atoms with Crippen molar-refractivity contribution in [2.24, 2.45) is 0 Å². The summed E-state index contributed by atoms with van der Waals surface area (Å²) in [5, 5.41) is 10.7. The summed E-state index contributed by atoms with van der Waals surface area (Å²) in [5.41, 5.74) is 1.18. The number of benzene rings is 1. The van der Waals surface area contributed by atoms with Crippen LogP contribution < -0.4 is 0 Å². The van der Waals surface area contributed by atoms with Gasteiger partial charge in [-0.05, 0) is 18.6 Å². The van der Waals surface area contributed by atoms with Gasteiger partial charge < -0.3 is 0 Å². The lowest BCUT2D eigenvalue weighted by atomic mass is 10.2. The van der Waals surface area contributed by atoms with E-state index in [9.17, 15) is 0 Å². The summed E-state index contributed by atoms with van der Waals surface area (Å²) in [5.74, 6) is 0. The highest BCUT2D eigenvalue weighted by atomic mass is 32.2. The first-order valence-corrected chi connectivity index (χ1v) is 7.84. The molecule has 0 saturated carbocycles. The van der Waals surface area contributed by atoms with Crippen LogP contribution in [0.5, 0.6) is 0 Å². The second-order valence-electron chi connectivity index (χ2n) is 4.26. The molecular formula is C15H11N3S2. The van der Waals surface area contributed by atoms with Crippen molar-refractivity contribution in [1.29, 1.82) is 5.26 Å². The molecule has 2 heterocycles. The van der Waals surface area contributed by atoms with Crippen LogP contribution in [0, 0.1) is 11.3 Å². The molecule has 5 heteroatoms. The fraction of sp³-hybridized carbons (Fsp3) is 0.133. The first-order valence-electron chi connectivity index (χ1n) is 6.14. The molecule has 1 unspecified atom stereocenters. The molecule has 20 heavy (non-hydrogen) atoms. The van der Waals surface area contributed by atoms with Gasteiger partial charge in [0.05, 0.1) is 11.3 Å². The summed E-state index contributed by atoms with van der Waals surface area (Å²) < 4.78 is 0. The van der Waals surface area contributed by atoms with E-state index < -0.39 is 0 Å². The average molecular weight is 297 g/mol. The Hall–Kier alpha value is -1.90. The van der Waals surface area contributed by atoms with Gasteiger partial charge in [0.2, 0.25) is 0 Å². The van der Waals surface area contributed by atoms with Gasteiger partial charge in [-0.15, -0.1) is 11.3 Å². The maximum atomic E-state index is 8.94. The minimum atomic E-state index is -0.117.